The van der Waals surface area contributed by atoms with Crippen LogP contribution >= 0.6 is 55.0 Å². The molecule has 0 bridgehead atoms. The van der Waals surface area contributed by atoms with Crippen LogP contribution in [0.2, 0.25) is 0 Å². The van der Waals surface area contributed by atoms with Crippen LogP contribution in [0.25, 0.3) is 10.2 Å². The number of aliphatic hydroxyl groups excluding tert-OH is 1. The summed E-state index contributed by atoms with van der Waals surface area (Å²) in [5.74, 6) is 0.574. The first-order valence-electron chi connectivity index (χ1n) is 6.96. The molecule has 0 amide bonds. The molecule has 1 N–H and O–H groups in total. The molecule has 3 nitrogen and oxygen atoms in total. The van der Waals surface area contributed by atoms with E-state index in [9.17, 15) is 9.50 Å². The van der Waals surface area contributed by atoms with Gasteiger partial charge in [0.15, 0.2) is 4.34 Å². The summed E-state index contributed by atoms with van der Waals surface area (Å²) in [6, 6.07) is 10.6. The van der Waals surface area contributed by atoms with Crippen molar-refractivity contribution in [1.82, 2.24) is 4.98 Å². The number of hydrogen-bond acceptors (Lipinski definition) is 5. The average Bonchev–Trinajstić information content (AvgIpc) is 2.94. The molecule has 3 aromatic rings. The van der Waals surface area contributed by atoms with E-state index in [0.717, 1.165) is 14.6 Å². The van der Waals surface area contributed by atoms with E-state index in [1.54, 1.807) is 11.3 Å². The second-order valence-electron chi connectivity index (χ2n) is 4.92. The molecule has 0 saturated carbocycles. The molecule has 0 saturated heterocycles. The van der Waals surface area contributed by atoms with Crippen molar-refractivity contribution < 1.29 is 14.2 Å². The Bertz CT molecular complexity index is 803. The van der Waals surface area contributed by atoms with Crippen molar-refractivity contribution in [2.75, 3.05) is 12.4 Å². The Hall–Kier alpha value is -0.670. The van der Waals surface area contributed by atoms with Gasteiger partial charge in [0.1, 0.15) is 18.2 Å². The van der Waals surface area contributed by atoms with Crippen LogP contribution in [-0.4, -0.2) is 28.6 Å². The predicted octanol–water partition coefficient (Wildman–Crippen LogP) is 5.49. The standard InChI is InChI=1S/C16H12Br2FNO2S2/c17-11-5-9(19)6-12(18)15(11)22-7-10(21)8-23-16-20-13-3-1-2-4-14(13)24-16/h1-6,10,21H,7-8H2. The minimum absolute atomic E-state index is 0.112. The van der Waals surface area contributed by atoms with Crippen LogP contribution in [0.3, 0.4) is 0 Å². The molecule has 1 atom stereocenters. The molecule has 0 spiro atoms. The Kier molecular flexibility index (Phi) is 6.15. The van der Waals surface area contributed by atoms with E-state index in [1.165, 1.54) is 23.9 Å². The number of halogens is 3. The maximum absolute atomic E-state index is 13.2. The van der Waals surface area contributed by atoms with Gasteiger partial charge in [0, 0.05) is 5.75 Å². The van der Waals surface area contributed by atoms with Gasteiger partial charge < -0.3 is 9.84 Å². The van der Waals surface area contributed by atoms with E-state index in [0.29, 0.717) is 20.4 Å². The third-order valence-electron chi connectivity index (χ3n) is 3.06. The molecular formula is C16H12Br2FNO2S2. The number of aromatic nitrogens is 1. The van der Waals surface area contributed by atoms with Crippen molar-refractivity contribution in [1.29, 1.82) is 0 Å². The van der Waals surface area contributed by atoms with Crippen LogP contribution in [0.15, 0.2) is 49.7 Å². The molecule has 8 heteroatoms. The molecule has 0 aliphatic heterocycles. The molecule has 126 valence electrons. The van der Waals surface area contributed by atoms with Gasteiger partial charge in [0.2, 0.25) is 0 Å². The van der Waals surface area contributed by atoms with Gasteiger partial charge in [-0.25, -0.2) is 9.37 Å². The average molecular weight is 493 g/mol. The van der Waals surface area contributed by atoms with E-state index in [4.69, 9.17) is 4.74 Å². The highest BCUT2D eigenvalue weighted by molar-refractivity contribution is 9.11. The van der Waals surface area contributed by atoms with Crippen LogP contribution in [0.4, 0.5) is 4.39 Å². The van der Waals surface area contributed by atoms with Crippen molar-refractivity contribution >= 4 is 65.2 Å². The zero-order chi connectivity index (χ0) is 17.1. The van der Waals surface area contributed by atoms with Gasteiger partial charge >= 0.3 is 0 Å². The molecule has 2 aromatic carbocycles. The fourth-order valence-corrected chi connectivity index (χ4v) is 5.33. The summed E-state index contributed by atoms with van der Waals surface area (Å²) in [5.41, 5.74) is 0.968. The highest BCUT2D eigenvalue weighted by Crippen LogP contribution is 2.35. The third-order valence-corrected chi connectivity index (χ3v) is 6.56. The van der Waals surface area contributed by atoms with E-state index in [2.05, 4.69) is 36.8 Å². The van der Waals surface area contributed by atoms with Crippen LogP contribution in [0, 0.1) is 5.82 Å². The van der Waals surface area contributed by atoms with Gasteiger partial charge in [-0.1, -0.05) is 23.9 Å². The molecule has 0 radical (unpaired) electrons. The fourth-order valence-electron chi connectivity index (χ4n) is 1.97. The van der Waals surface area contributed by atoms with Crippen LogP contribution < -0.4 is 4.74 Å². The molecule has 3 rings (SSSR count). The molecule has 1 aromatic heterocycles. The van der Waals surface area contributed by atoms with E-state index in [1.807, 2.05) is 24.3 Å². The maximum atomic E-state index is 13.2. The van der Waals surface area contributed by atoms with Gasteiger partial charge in [-0.2, -0.15) is 0 Å². The summed E-state index contributed by atoms with van der Waals surface area (Å²) in [4.78, 5) is 4.51. The quantitative estimate of drug-likeness (QED) is 0.462. The van der Waals surface area contributed by atoms with Gasteiger partial charge in [0.25, 0.3) is 0 Å². The minimum atomic E-state index is -0.661. The number of thioether (sulfide) groups is 1. The normalized spacial score (nSPS) is 12.5. The second kappa shape index (κ2) is 8.14. The van der Waals surface area contributed by atoms with E-state index < -0.39 is 6.10 Å². The number of rotatable bonds is 6. The van der Waals surface area contributed by atoms with Crippen molar-refractivity contribution in [2.24, 2.45) is 0 Å². The summed E-state index contributed by atoms with van der Waals surface area (Å²) in [7, 11) is 0. The Labute approximate surface area is 163 Å². The lowest BCUT2D eigenvalue weighted by atomic mass is 10.3. The van der Waals surface area contributed by atoms with E-state index >= 15 is 0 Å². The predicted molar refractivity (Wildman–Crippen MR) is 104 cm³/mol. The van der Waals surface area contributed by atoms with Gasteiger partial charge in [-0.3, -0.25) is 0 Å². The van der Waals surface area contributed by atoms with Crippen LogP contribution in [-0.2, 0) is 0 Å². The number of benzene rings is 2. The number of hydrogen-bond donors (Lipinski definition) is 1. The van der Waals surface area contributed by atoms with Crippen molar-refractivity contribution in [3.8, 4) is 5.75 Å². The first kappa shape index (κ1) is 18.1. The molecule has 1 heterocycles. The fraction of sp³-hybridized carbons (Fsp3) is 0.188. The number of fused-ring (bicyclic) bond motifs is 1. The van der Waals surface area contributed by atoms with Crippen molar-refractivity contribution in [2.45, 2.75) is 10.4 Å². The van der Waals surface area contributed by atoms with Crippen LogP contribution in [0.5, 0.6) is 5.75 Å². The molecule has 0 aliphatic carbocycles. The molecule has 24 heavy (non-hydrogen) atoms. The highest BCUT2D eigenvalue weighted by atomic mass is 79.9. The number of ether oxygens (including phenoxy) is 1. The molecular weight excluding hydrogens is 481 g/mol. The lowest BCUT2D eigenvalue weighted by Crippen LogP contribution is -2.20. The smallest absolute Gasteiger partial charge is 0.151 e. The Morgan fingerprint density at radius 2 is 1.96 bits per heavy atom. The first-order chi connectivity index (χ1) is 11.5. The lowest BCUT2D eigenvalue weighted by molar-refractivity contribution is 0.125. The van der Waals surface area contributed by atoms with Gasteiger partial charge in [-0.15, -0.1) is 11.3 Å². The Morgan fingerprint density at radius 3 is 2.67 bits per heavy atom. The Balaban J connectivity index is 1.55. The second-order valence-corrected chi connectivity index (χ2v) is 8.93. The summed E-state index contributed by atoms with van der Waals surface area (Å²) >= 11 is 9.60. The number of nitrogens with zero attached hydrogens (tertiary/aromatic N) is 1. The number of thiazole rings is 1. The molecule has 1 unspecified atom stereocenters. The third kappa shape index (κ3) is 4.49. The monoisotopic (exact) mass is 491 g/mol. The lowest BCUT2D eigenvalue weighted by Gasteiger charge is -2.14. The summed E-state index contributed by atoms with van der Waals surface area (Å²) in [5, 5.41) is 10.1. The maximum Gasteiger partial charge on any atom is 0.151 e. The summed E-state index contributed by atoms with van der Waals surface area (Å²) in [6.45, 7) is 0.112. The molecule has 0 fully saturated rings. The minimum Gasteiger partial charge on any atom is -0.488 e. The molecule has 0 aliphatic rings. The largest absolute Gasteiger partial charge is 0.488 e. The first-order valence-corrected chi connectivity index (χ1v) is 10.4. The van der Waals surface area contributed by atoms with Crippen LogP contribution in [0.1, 0.15) is 0 Å². The zero-order valence-electron chi connectivity index (χ0n) is 12.2. The van der Waals surface area contributed by atoms with Gasteiger partial charge in [-0.05, 0) is 56.1 Å². The topological polar surface area (TPSA) is 42.4 Å². The Morgan fingerprint density at radius 1 is 1.25 bits per heavy atom. The number of aliphatic hydroxyl groups is 1. The van der Waals surface area contributed by atoms with Gasteiger partial charge in [0.05, 0.1) is 25.3 Å². The SMILES string of the molecule is OC(COc1c(Br)cc(F)cc1Br)CSc1nc2ccccc2s1. The van der Waals surface area contributed by atoms with Crippen molar-refractivity contribution in [3.63, 3.8) is 0 Å². The van der Waals surface area contributed by atoms with E-state index in [-0.39, 0.29) is 12.4 Å². The zero-order valence-corrected chi connectivity index (χ0v) is 17.0. The summed E-state index contributed by atoms with van der Waals surface area (Å²) in [6.07, 6.45) is -0.661. The van der Waals surface area contributed by atoms with Crippen molar-refractivity contribution in [3.05, 3.63) is 51.2 Å². The number of para-hydroxylation sites is 1. The highest BCUT2D eigenvalue weighted by Gasteiger charge is 2.13. The summed E-state index contributed by atoms with van der Waals surface area (Å²) < 4.78 is 21.9.